The maximum Gasteiger partial charge on any atom is 0.190 e. The number of hydrogen-bond acceptors (Lipinski definition) is 4. The van der Waals surface area contributed by atoms with Crippen LogP contribution in [0.25, 0.3) is 0 Å². The summed E-state index contributed by atoms with van der Waals surface area (Å²) < 4.78 is 0. The largest absolute Gasteiger partial charge is 0.593 e. The van der Waals surface area contributed by atoms with Crippen molar-refractivity contribution in [3.8, 4) is 18.4 Å². The van der Waals surface area contributed by atoms with Crippen molar-refractivity contribution in [1.29, 1.82) is 5.26 Å². The topological polar surface area (TPSA) is 70.3 Å². The van der Waals surface area contributed by atoms with E-state index in [1.807, 2.05) is 42.2 Å². The Labute approximate surface area is 142 Å². The van der Waals surface area contributed by atoms with Gasteiger partial charge in [-0.1, -0.05) is 35.7 Å². The van der Waals surface area contributed by atoms with Gasteiger partial charge in [-0.3, -0.25) is 0 Å². The minimum atomic E-state index is -1.63. The minimum Gasteiger partial charge on any atom is -0.593 e. The monoisotopic (exact) mass is 321 g/mol. The summed E-state index contributed by atoms with van der Waals surface area (Å²) in [4.78, 5) is 0.200. The molecular formula is C19H19N3O2. The number of nitrogens with zero attached hydrogens (tertiary/aromatic N) is 3. The van der Waals surface area contributed by atoms with Crippen molar-refractivity contribution in [2.75, 3.05) is 18.5 Å². The van der Waals surface area contributed by atoms with Gasteiger partial charge in [0.05, 0.1) is 18.2 Å². The SMILES string of the molecule is C#CCN(Cc1ccc(C)cc1)c1ccc(C#N)cc1[N+](C)([O-])O. The van der Waals surface area contributed by atoms with Crippen molar-refractivity contribution in [2.24, 2.45) is 0 Å². The molecule has 0 heterocycles. The summed E-state index contributed by atoms with van der Waals surface area (Å²) in [6, 6.07) is 14.6. The molecule has 0 spiro atoms. The molecule has 0 fully saturated rings. The van der Waals surface area contributed by atoms with Crippen LogP contribution in [-0.4, -0.2) is 18.8 Å². The molecule has 0 saturated heterocycles. The van der Waals surface area contributed by atoms with Crippen molar-refractivity contribution in [2.45, 2.75) is 13.5 Å². The molecule has 0 saturated carbocycles. The number of terminal acetylenes is 1. The standard InChI is InChI=1S/C19H19N3O2/c1-4-11-21(14-16-7-5-15(2)6-8-16)18-10-9-17(13-20)12-19(18)22(3,23)24/h1,5-10,12,23H,11,14H2,2-3H3. The molecule has 0 aromatic heterocycles. The lowest BCUT2D eigenvalue weighted by Crippen LogP contribution is -2.36. The molecule has 2 aromatic rings. The predicted octanol–water partition coefficient (Wildman–Crippen LogP) is 3.33. The Kier molecular flexibility index (Phi) is 5.23. The van der Waals surface area contributed by atoms with Crippen LogP contribution >= 0.6 is 0 Å². The molecule has 2 aromatic carbocycles. The quantitative estimate of drug-likeness (QED) is 0.521. The van der Waals surface area contributed by atoms with Crippen LogP contribution in [0.4, 0.5) is 11.4 Å². The number of benzene rings is 2. The summed E-state index contributed by atoms with van der Waals surface area (Å²) in [6.07, 6.45) is 5.47. The van der Waals surface area contributed by atoms with Crippen LogP contribution in [-0.2, 0) is 6.54 Å². The van der Waals surface area contributed by atoms with Gasteiger partial charge in [-0.15, -0.1) is 6.42 Å². The lowest BCUT2D eigenvalue weighted by molar-refractivity contribution is -0.00404. The molecule has 1 unspecified atom stereocenters. The summed E-state index contributed by atoms with van der Waals surface area (Å²) in [5.74, 6) is 2.58. The Morgan fingerprint density at radius 2 is 1.92 bits per heavy atom. The Balaban J connectivity index is 2.46. The highest BCUT2D eigenvalue weighted by molar-refractivity contribution is 5.71. The molecule has 0 radical (unpaired) electrons. The number of hydroxylamine groups is 2. The third kappa shape index (κ3) is 4.13. The summed E-state index contributed by atoms with van der Waals surface area (Å²) in [7, 11) is 1.10. The smallest absolute Gasteiger partial charge is 0.190 e. The predicted molar refractivity (Wildman–Crippen MR) is 95.1 cm³/mol. The van der Waals surface area contributed by atoms with E-state index >= 15 is 0 Å². The second-order valence-corrected chi connectivity index (χ2v) is 5.74. The minimum absolute atomic E-state index is 0.0800. The van der Waals surface area contributed by atoms with Gasteiger partial charge < -0.3 is 10.1 Å². The molecule has 5 nitrogen and oxygen atoms in total. The third-order valence-corrected chi connectivity index (χ3v) is 3.67. The van der Waals surface area contributed by atoms with Crippen LogP contribution in [0.5, 0.6) is 0 Å². The van der Waals surface area contributed by atoms with Gasteiger partial charge in [-0.2, -0.15) is 10.1 Å². The molecule has 0 aliphatic heterocycles. The van der Waals surface area contributed by atoms with Crippen LogP contribution in [0.15, 0.2) is 42.5 Å². The molecule has 2 rings (SSSR count). The highest BCUT2D eigenvalue weighted by Gasteiger charge is 2.22. The van der Waals surface area contributed by atoms with E-state index in [1.165, 1.54) is 6.07 Å². The Hall–Kier alpha value is -2.83. The van der Waals surface area contributed by atoms with Crippen molar-refractivity contribution < 1.29 is 5.21 Å². The van der Waals surface area contributed by atoms with Crippen LogP contribution in [0.2, 0.25) is 0 Å². The van der Waals surface area contributed by atoms with Gasteiger partial charge in [0.1, 0.15) is 12.7 Å². The van der Waals surface area contributed by atoms with Crippen LogP contribution < -0.4 is 9.71 Å². The zero-order valence-electron chi connectivity index (χ0n) is 13.7. The molecule has 122 valence electrons. The lowest BCUT2D eigenvalue weighted by Gasteiger charge is -2.33. The zero-order chi connectivity index (χ0) is 17.7. The van der Waals surface area contributed by atoms with Crippen LogP contribution in [0.1, 0.15) is 16.7 Å². The van der Waals surface area contributed by atoms with Gasteiger partial charge in [0.25, 0.3) is 0 Å². The van der Waals surface area contributed by atoms with E-state index in [-0.39, 0.29) is 12.2 Å². The molecule has 0 aliphatic rings. The van der Waals surface area contributed by atoms with Crippen molar-refractivity contribution in [1.82, 2.24) is 4.81 Å². The van der Waals surface area contributed by atoms with E-state index in [9.17, 15) is 10.4 Å². The Morgan fingerprint density at radius 3 is 2.46 bits per heavy atom. The summed E-state index contributed by atoms with van der Waals surface area (Å²) >= 11 is 0. The van der Waals surface area contributed by atoms with E-state index in [0.717, 1.165) is 18.2 Å². The average molecular weight is 321 g/mol. The van der Waals surface area contributed by atoms with Gasteiger partial charge >= 0.3 is 0 Å². The summed E-state index contributed by atoms with van der Waals surface area (Å²) in [6.45, 7) is 2.77. The second-order valence-electron chi connectivity index (χ2n) is 5.74. The van der Waals surface area contributed by atoms with Gasteiger partial charge in [0.2, 0.25) is 0 Å². The van der Waals surface area contributed by atoms with Gasteiger partial charge in [-0.05, 0) is 24.6 Å². The molecule has 0 bridgehead atoms. The first-order chi connectivity index (χ1) is 11.3. The average Bonchev–Trinajstić information content (AvgIpc) is 2.55. The number of quaternary nitrogens is 1. The first kappa shape index (κ1) is 17.5. The van der Waals surface area contributed by atoms with E-state index in [0.29, 0.717) is 17.8 Å². The first-order valence-corrected chi connectivity index (χ1v) is 7.44. The number of nitriles is 1. The maximum absolute atomic E-state index is 12.1. The number of aryl methyl sites for hydroxylation is 1. The van der Waals surface area contributed by atoms with E-state index in [1.54, 1.807) is 12.1 Å². The molecular weight excluding hydrogens is 302 g/mol. The molecule has 0 amide bonds. The van der Waals surface area contributed by atoms with Crippen molar-refractivity contribution in [3.63, 3.8) is 0 Å². The molecule has 5 heteroatoms. The lowest BCUT2D eigenvalue weighted by atomic mass is 10.1. The van der Waals surface area contributed by atoms with Gasteiger partial charge in [0, 0.05) is 12.6 Å². The van der Waals surface area contributed by atoms with Gasteiger partial charge in [-0.25, -0.2) is 5.21 Å². The number of anilines is 1. The van der Waals surface area contributed by atoms with Crippen molar-refractivity contribution >= 4 is 11.4 Å². The Bertz CT molecular complexity index is 793. The van der Waals surface area contributed by atoms with Crippen molar-refractivity contribution in [3.05, 3.63) is 64.4 Å². The fraction of sp³-hybridized carbons (Fsp3) is 0.211. The molecule has 1 N–H and O–H groups in total. The third-order valence-electron chi connectivity index (χ3n) is 3.67. The fourth-order valence-electron chi connectivity index (χ4n) is 2.44. The number of rotatable bonds is 5. The fourth-order valence-corrected chi connectivity index (χ4v) is 2.44. The highest BCUT2D eigenvalue weighted by Crippen LogP contribution is 2.33. The van der Waals surface area contributed by atoms with E-state index in [4.69, 9.17) is 11.7 Å². The zero-order valence-corrected chi connectivity index (χ0v) is 13.7. The first-order valence-electron chi connectivity index (χ1n) is 7.44. The van der Waals surface area contributed by atoms with E-state index in [2.05, 4.69) is 5.92 Å². The normalized spacial score (nSPS) is 12.8. The maximum atomic E-state index is 12.1. The summed E-state index contributed by atoms with van der Waals surface area (Å²) in [5.41, 5.74) is 3.08. The molecule has 1 atom stereocenters. The van der Waals surface area contributed by atoms with Crippen LogP contribution in [0, 0.1) is 35.8 Å². The number of hydrogen-bond donors (Lipinski definition) is 1. The van der Waals surface area contributed by atoms with Gasteiger partial charge in [0.15, 0.2) is 5.69 Å². The summed E-state index contributed by atoms with van der Waals surface area (Å²) in [5, 5.41) is 31.0. The highest BCUT2D eigenvalue weighted by atomic mass is 16.8. The second kappa shape index (κ2) is 7.16. The van der Waals surface area contributed by atoms with E-state index < -0.39 is 4.81 Å². The van der Waals surface area contributed by atoms with Crippen LogP contribution in [0.3, 0.4) is 0 Å². The molecule has 0 aliphatic carbocycles. The molecule has 24 heavy (non-hydrogen) atoms. The Morgan fingerprint density at radius 1 is 1.25 bits per heavy atom.